The number of carbonyl (C=O) groups excluding carboxylic acids is 2. The van der Waals surface area contributed by atoms with Crippen LogP contribution in [0.3, 0.4) is 0 Å². The van der Waals surface area contributed by atoms with Crippen LogP contribution < -0.4 is 0 Å². The fourth-order valence-electron chi connectivity index (χ4n) is 1.80. The highest BCUT2D eigenvalue weighted by Crippen LogP contribution is 2.10. The molecule has 0 saturated carbocycles. The number of hydrogen-bond donors (Lipinski definition) is 0. The van der Waals surface area contributed by atoms with Gasteiger partial charge in [-0.15, -0.1) is 0 Å². The molecule has 0 rings (SSSR count). The van der Waals surface area contributed by atoms with E-state index in [1.165, 1.54) is 4.90 Å². The minimum absolute atomic E-state index is 0.0864. The number of carbonyl (C=O) groups is 2. The van der Waals surface area contributed by atoms with E-state index in [1.54, 1.807) is 19.0 Å². The summed E-state index contributed by atoms with van der Waals surface area (Å²) in [6.45, 7) is 13.2. The molecule has 0 aliphatic heterocycles. The Bertz CT molecular complexity index is 397. The molecular formula is C18H36N2O4. The van der Waals surface area contributed by atoms with E-state index in [4.69, 9.17) is 9.47 Å². The van der Waals surface area contributed by atoms with Gasteiger partial charge in [-0.2, -0.15) is 0 Å². The van der Waals surface area contributed by atoms with Crippen molar-refractivity contribution in [3.63, 3.8) is 0 Å². The highest BCUT2D eigenvalue weighted by Gasteiger charge is 2.20. The van der Waals surface area contributed by atoms with Gasteiger partial charge in [0.15, 0.2) is 0 Å². The third-order valence-electron chi connectivity index (χ3n) is 3.22. The van der Waals surface area contributed by atoms with E-state index in [1.807, 2.05) is 41.5 Å². The first-order valence-electron chi connectivity index (χ1n) is 8.64. The van der Waals surface area contributed by atoms with Crippen LogP contribution in [0.4, 0.5) is 4.79 Å². The largest absolute Gasteiger partial charge is 0.444 e. The standard InChI is InChI=1S/C18H36N2O4/c1-17(2,3)23-14-10-9-11-15(21)19(7)12-13-20(8)16(22)24-18(4,5)6/h9-14H2,1-8H3. The minimum Gasteiger partial charge on any atom is -0.444 e. The SMILES string of the molecule is CN(CCN(C)C(=O)OC(C)(C)C)C(=O)CCCCOC(C)(C)C. The normalized spacial score (nSPS) is 12.0. The quantitative estimate of drug-likeness (QED) is 0.634. The third-order valence-corrected chi connectivity index (χ3v) is 3.22. The summed E-state index contributed by atoms with van der Waals surface area (Å²) in [7, 11) is 3.44. The van der Waals surface area contributed by atoms with Gasteiger partial charge in [0, 0.05) is 40.2 Å². The second-order valence-electron chi connectivity index (χ2n) is 8.14. The first-order chi connectivity index (χ1) is 10.8. The lowest BCUT2D eigenvalue weighted by Crippen LogP contribution is -2.39. The molecule has 0 radical (unpaired) electrons. The van der Waals surface area contributed by atoms with Crippen molar-refractivity contribution in [2.45, 2.75) is 72.0 Å². The zero-order chi connectivity index (χ0) is 19.0. The van der Waals surface area contributed by atoms with Crippen LogP contribution in [0.5, 0.6) is 0 Å². The Morgan fingerprint density at radius 3 is 1.88 bits per heavy atom. The molecule has 24 heavy (non-hydrogen) atoms. The summed E-state index contributed by atoms with van der Waals surface area (Å²) in [6.07, 6.45) is 1.80. The van der Waals surface area contributed by atoms with E-state index in [0.717, 1.165) is 12.8 Å². The van der Waals surface area contributed by atoms with Crippen molar-refractivity contribution in [2.75, 3.05) is 33.8 Å². The number of likely N-dealkylation sites (N-methyl/N-ethyl adjacent to an activating group) is 2. The van der Waals surface area contributed by atoms with Crippen LogP contribution in [0.15, 0.2) is 0 Å². The molecular weight excluding hydrogens is 308 g/mol. The first-order valence-corrected chi connectivity index (χ1v) is 8.64. The molecule has 0 aliphatic rings. The van der Waals surface area contributed by atoms with E-state index in [2.05, 4.69) is 0 Å². The molecule has 0 atom stereocenters. The summed E-state index contributed by atoms with van der Waals surface area (Å²) in [6, 6.07) is 0. The van der Waals surface area contributed by atoms with Gasteiger partial charge in [0.25, 0.3) is 0 Å². The molecule has 2 amide bonds. The van der Waals surface area contributed by atoms with Gasteiger partial charge >= 0.3 is 6.09 Å². The van der Waals surface area contributed by atoms with Crippen LogP contribution in [-0.2, 0) is 14.3 Å². The Kier molecular flexibility index (Phi) is 9.33. The van der Waals surface area contributed by atoms with Gasteiger partial charge in [-0.25, -0.2) is 4.79 Å². The summed E-state index contributed by atoms with van der Waals surface area (Å²) in [5.41, 5.74) is -0.644. The predicted octanol–water partition coefficient (Wildman–Crippen LogP) is 3.30. The Hall–Kier alpha value is -1.30. The van der Waals surface area contributed by atoms with Crippen LogP contribution in [-0.4, -0.2) is 66.8 Å². The van der Waals surface area contributed by atoms with Crippen molar-refractivity contribution < 1.29 is 19.1 Å². The first kappa shape index (κ1) is 22.7. The average molecular weight is 344 g/mol. The van der Waals surface area contributed by atoms with Gasteiger partial charge in [-0.1, -0.05) is 0 Å². The molecule has 0 aromatic heterocycles. The Morgan fingerprint density at radius 2 is 1.38 bits per heavy atom. The van der Waals surface area contributed by atoms with Crippen molar-refractivity contribution in [2.24, 2.45) is 0 Å². The van der Waals surface area contributed by atoms with Crippen LogP contribution in [0.1, 0.15) is 60.8 Å². The lowest BCUT2D eigenvalue weighted by atomic mass is 10.2. The maximum atomic E-state index is 12.1. The van der Waals surface area contributed by atoms with Crippen LogP contribution in [0, 0.1) is 0 Å². The molecule has 142 valence electrons. The maximum absolute atomic E-state index is 12.1. The van der Waals surface area contributed by atoms with E-state index >= 15 is 0 Å². The summed E-state index contributed by atoms with van der Waals surface area (Å²) >= 11 is 0. The monoisotopic (exact) mass is 344 g/mol. The lowest BCUT2D eigenvalue weighted by molar-refractivity contribution is -0.130. The molecule has 0 unspecified atom stereocenters. The molecule has 6 heteroatoms. The van der Waals surface area contributed by atoms with Crippen molar-refractivity contribution in [3.05, 3.63) is 0 Å². The van der Waals surface area contributed by atoms with Crippen molar-refractivity contribution in [1.29, 1.82) is 0 Å². The fourth-order valence-corrected chi connectivity index (χ4v) is 1.80. The predicted molar refractivity (Wildman–Crippen MR) is 96.1 cm³/mol. The molecule has 0 heterocycles. The average Bonchev–Trinajstić information content (AvgIpc) is 2.40. The lowest BCUT2D eigenvalue weighted by Gasteiger charge is -2.26. The Balaban J connectivity index is 3.96. The second-order valence-corrected chi connectivity index (χ2v) is 8.14. The number of ether oxygens (including phenoxy) is 2. The number of unbranched alkanes of at least 4 members (excludes halogenated alkanes) is 1. The number of rotatable bonds is 8. The van der Waals surface area contributed by atoms with E-state index < -0.39 is 5.60 Å². The molecule has 0 aliphatic carbocycles. The second kappa shape index (κ2) is 9.87. The van der Waals surface area contributed by atoms with Crippen LogP contribution >= 0.6 is 0 Å². The molecule has 0 spiro atoms. The summed E-state index contributed by atoms with van der Waals surface area (Å²) in [4.78, 5) is 27.1. The van der Waals surface area contributed by atoms with Crippen molar-refractivity contribution in [3.8, 4) is 0 Å². The Morgan fingerprint density at radius 1 is 0.833 bits per heavy atom. The molecule has 0 fully saturated rings. The van der Waals surface area contributed by atoms with Crippen molar-refractivity contribution >= 4 is 12.0 Å². The maximum Gasteiger partial charge on any atom is 0.410 e. The summed E-state index contributed by atoms with van der Waals surface area (Å²) in [5, 5.41) is 0. The van der Waals surface area contributed by atoms with Gasteiger partial charge in [0.2, 0.25) is 5.91 Å². The molecule has 0 N–H and O–H groups in total. The van der Waals surface area contributed by atoms with E-state index in [-0.39, 0.29) is 17.6 Å². The highest BCUT2D eigenvalue weighted by atomic mass is 16.6. The van der Waals surface area contributed by atoms with Gasteiger partial charge in [-0.05, 0) is 54.4 Å². The smallest absolute Gasteiger partial charge is 0.410 e. The topological polar surface area (TPSA) is 59.1 Å². The van der Waals surface area contributed by atoms with Gasteiger partial charge < -0.3 is 19.3 Å². The summed E-state index contributed by atoms with van der Waals surface area (Å²) < 4.78 is 10.9. The number of nitrogens with zero attached hydrogens (tertiary/aromatic N) is 2. The van der Waals surface area contributed by atoms with Gasteiger partial charge in [0.05, 0.1) is 5.60 Å². The number of amides is 2. The molecule has 0 aromatic carbocycles. The fraction of sp³-hybridized carbons (Fsp3) is 0.889. The van der Waals surface area contributed by atoms with Gasteiger partial charge in [0.1, 0.15) is 5.60 Å². The van der Waals surface area contributed by atoms with Crippen molar-refractivity contribution in [1.82, 2.24) is 9.80 Å². The number of hydrogen-bond acceptors (Lipinski definition) is 4. The highest BCUT2D eigenvalue weighted by molar-refractivity contribution is 5.75. The molecule has 6 nitrogen and oxygen atoms in total. The Labute approximate surface area is 147 Å². The molecule has 0 saturated heterocycles. The van der Waals surface area contributed by atoms with E-state index in [9.17, 15) is 9.59 Å². The zero-order valence-electron chi connectivity index (χ0n) is 16.8. The molecule has 0 aromatic rings. The summed E-state index contributed by atoms with van der Waals surface area (Å²) in [5.74, 6) is 0.0864. The van der Waals surface area contributed by atoms with Crippen LogP contribution in [0.2, 0.25) is 0 Å². The van der Waals surface area contributed by atoms with Gasteiger partial charge in [-0.3, -0.25) is 4.79 Å². The third kappa shape index (κ3) is 12.2. The minimum atomic E-state index is -0.512. The zero-order valence-corrected chi connectivity index (χ0v) is 16.8. The van der Waals surface area contributed by atoms with E-state index in [0.29, 0.717) is 26.1 Å². The van der Waals surface area contributed by atoms with Crippen LogP contribution in [0.25, 0.3) is 0 Å². The molecule has 0 bridgehead atoms.